The van der Waals surface area contributed by atoms with Crippen LogP contribution in [-0.2, 0) is 16.6 Å². The predicted octanol–water partition coefficient (Wildman–Crippen LogP) is 1.58. The largest absolute Gasteiger partial charge is 0.365 e. The highest BCUT2D eigenvalue weighted by atomic mass is 16.5. The molecule has 2 aliphatic heterocycles. The zero-order valence-corrected chi connectivity index (χ0v) is 14.4. The molecule has 1 amide bonds. The fourth-order valence-electron chi connectivity index (χ4n) is 3.73. The van der Waals surface area contributed by atoms with Crippen LogP contribution in [0.4, 0.5) is 0 Å². The second-order valence-corrected chi connectivity index (χ2v) is 6.56. The highest BCUT2D eigenvalue weighted by Crippen LogP contribution is 2.27. The van der Waals surface area contributed by atoms with Gasteiger partial charge in [0.15, 0.2) is 0 Å². The van der Waals surface area contributed by atoms with Gasteiger partial charge in [0.2, 0.25) is 0 Å². The average Bonchev–Trinajstić information content (AvgIpc) is 3.22. The number of ether oxygens (including phenoxy) is 1. The zero-order chi connectivity index (χ0) is 16.4. The monoisotopic (exact) mass is 320 g/mol. The van der Waals surface area contributed by atoms with E-state index in [-0.39, 0.29) is 24.2 Å². The molecule has 3 atom stereocenters. The van der Waals surface area contributed by atoms with Gasteiger partial charge >= 0.3 is 0 Å². The molecule has 3 heterocycles. The van der Waals surface area contributed by atoms with Gasteiger partial charge < -0.3 is 14.2 Å². The van der Waals surface area contributed by atoms with E-state index in [1.807, 2.05) is 24.3 Å². The summed E-state index contributed by atoms with van der Waals surface area (Å²) in [6.45, 7) is 7.63. The molecule has 1 aromatic heterocycles. The van der Waals surface area contributed by atoms with Crippen molar-refractivity contribution in [1.82, 2.24) is 19.4 Å². The van der Waals surface area contributed by atoms with Crippen molar-refractivity contribution < 1.29 is 9.53 Å². The van der Waals surface area contributed by atoms with Crippen LogP contribution in [0.5, 0.6) is 0 Å². The number of hydrogen-bond donors (Lipinski definition) is 0. The molecule has 128 valence electrons. The number of carbonyl (C=O) groups is 1. The zero-order valence-electron chi connectivity index (χ0n) is 14.4. The second kappa shape index (κ2) is 7.01. The van der Waals surface area contributed by atoms with Crippen molar-refractivity contribution in [3.63, 3.8) is 0 Å². The molecule has 0 radical (unpaired) electrons. The first-order chi connectivity index (χ1) is 11.1. The van der Waals surface area contributed by atoms with Crippen LogP contribution in [0.3, 0.4) is 0 Å². The van der Waals surface area contributed by atoms with E-state index in [4.69, 9.17) is 4.74 Å². The maximum Gasteiger partial charge on any atom is 0.251 e. The summed E-state index contributed by atoms with van der Waals surface area (Å²) in [5.41, 5.74) is 0. The van der Waals surface area contributed by atoms with Crippen molar-refractivity contribution in [1.29, 1.82) is 0 Å². The Kier molecular flexibility index (Phi) is 5.02. The maximum atomic E-state index is 12.8. The van der Waals surface area contributed by atoms with E-state index in [2.05, 4.69) is 28.3 Å². The Bertz CT molecular complexity index is 544. The van der Waals surface area contributed by atoms with Gasteiger partial charge in [0, 0.05) is 39.1 Å². The van der Waals surface area contributed by atoms with Crippen LogP contribution in [0.2, 0.25) is 0 Å². The van der Waals surface area contributed by atoms with Gasteiger partial charge in [-0.2, -0.15) is 0 Å². The molecule has 23 heavy (non-hydrogen) atoms. The number of hydrogen-bond acceptors (Lipinski definition) is 4. The summed E-state index contributed by atoms with van der Waals surface area (Å²) in [5.74, 6) is 1.19. The van der Waals surface area contributed by atoms with E-state index in [1.54, 1.807) is 0 Å². The van der Waals surface area contributed by atoms with Crippen LogP contribution in [0, 0.1) is 0 Å². The molecule has 0 unspecified atom stereocenters. The van der Waals surface area contributed by atoms with E-state index in [1.165, 1.54) is 0 Å². The van der Waals surface area contributed by atoms with Crippen LogP contribution in [-0.4, -0.2) is 63.6 Å². The van der Waals surface area contributed by atoms with Crippen LogP contribution >= 0.6 is 0 Å². The molecule has 2 saturated heterocycles. The Morgan fingerprint density at radius 2 is 2.17 bits per heavy atom. The van der Waals surface area contributed by atoms with Gasteiger partial charge in [-0.15, -0.1) is 0 Å². The molecule has 0 saturated carbocycles. The van der Waals surface area contributed by atoms with Gasteiger partial charge in [0.05, 0.1) is 12.1 Å². The number of rotatable bonds is 4. The molecule has 0 aromatic carbocycles. The van der Waals surface area contributed by atoms with E-state index in [0.29, 0.717) is 6.54 Å². The average molecular weight is 320 g/mol. The van der Waals surface area contributed by atoms with Crippen molar-refractivity contribution in [2.24, 2.45) is 7.05 Å². The Hall–Kier alpha value is -1.40. The Morgan fingerprint density at radius 1 is 1.35 bits per heavy atom. The number of carbonyl (C=O) groups excluding carboxylic acids is 1. The first-order valence-corrected chi connectivity index (χ1v) is 8.79. The molecule has 6 heteroatoms. The third kappa shape index (κ3) is 3.28. The summed E-state index contributed by atoms with van der Waals surface area (Å²) in [7, 11) is 2.02. The summed E-state index contributed by atoms with van der Waals surface area (Å²) in [5, 5.41) is 0. The van der Waals surface area contributed by atoms with Crippen LogP contribution in [0.1, 0.15) is 45.0 Å². The number of aromatic nitrogens is 2. The van der Waals surface area contributed by atoms with Crippen molar-refractivity contribution in [3.8, 4) is 0 Å². The standard InChI is InChI=1S/C17H28N4O2/c1-4-13-6-7-15(23-13)17(22)21-11-10-20(5-2)14(12-21)16-18-8-9-19(16)3/h8-9,13-15H,4-7,10-12H2,1-3H3/t13-,14-,15-/m1/s1. The van der Waals surface area contributed by atoms with E-state index < -0.39 is 0 Å². The minimum atomic E-state index is -0.241. The van der Waals surface area contributed by atoms with Crippen molar-refractivity contribution >= 4 is 5.91 Å². The lowest BCUT2D eigenvalue weighted by Crippen LogP contribution is -2.53. The van der Waals surface area contributed by atoms with Crippen LogP contribution in [0.25, 0.3) is 0 Å². The molecular formula is C17H28N4O2. The van der Waals surface area contributed by atoms with Crippen molar-refractivity contribution in [3.05, 3.63) is 18.2 Å². The highest BCUT2D eigenvalue weighted by molar-refractivity contribution is 5.81. The topological polar surface area (TPSA) is 50.6 Å². The summed E-state index contributed by atoms with van der Waals surface area (Å²) >= 11 is 0. The first-order valence-electron chi connectivity index (χ1n) is 8.79. The molecular weight excluding hydrogens is 292 g/mol. The molecule has 2 aliphatic rings. The predicted molar refractivity (Wildman–Crippen MR) is 88.0 cm³/mol. The summed E-state index contributed by atoms with van der Waals surface area (Å²) in [6, 6.07) is 0.168. The van der Waals surface area contributed by atoms with E-state index in [9.17, 15) is 4.79 Å². The van der Waals surface area contributed by atoms with Gasteiger partial charge in [-0.3, -0.25) is 9.69 Å². The van der Waals surface area contributed by atoms with Gasteiger partial charge in [-0.1, -0.05) is 13.8 Å². The molecule has 2 fully saturated rings. The lowest BCUT2D eigenvalue weighted by Gasteiger charge is -2.41. The van der Waals surface area contributed by atoms with Gasteiger partial charge in [-0.05, 0) is 25.8 Å². The summed E-state index contributed by atoms with van der Waals surface area (Å²) in [6.07, 6.45) is 6.67. The van der Waals surface area contributed by atoms with Crippen LogP contribution < -0.4 is 0 Å². The Labute approximate surface area is 138 Å². The maximum absolute atomic E-state index is 12.8. The van der Waals surface area contributed by atoms with E-state index >= 15 is 0 Å². The number of piperazine rings is 1. The van der Waals surface area contributed by atoms with Gasteiger partial charge in [-0.25, -0.2) is 4.98 Å². The number of amides is 1. The molecule has 3 rings (SSSR count). The Balaban J connectivity index is 1.70. The summed E-state index contributed by atoms with van der Waals surface area (Å²) in [4.78, 5) is 21.7. The quantitative estimate of drug-likeness (QED) is 0.845. The van der Waals surface area contributed by atoms with Gasteiger partial charge in [0.1, 0.15) is 11.9 Å². The van der Waals surface area contributed by atoms with E-state index in [0.717, 1.165) is 44.7 Å². The second-order valence-electron chi connectivity index (χ2n) is 6.56. The fourth-order valence-corrected chi connectivity index (χ4v) is 3.73. The third-order valence-electron chi connectivity index (χ3n) is 5.20. The number of imidazole rings is 1. The molecule has 0 N–H and O–H groups in total. The number of aryl methyl sites for hydroxylation is 1. The molecule has 1 aromatic rings. The SMILES string of the molecule is CC[C@@H]1CC[C@H](C(=O)N2CCN(CC)[C@@H](c3nccn3C)C2)O1. The molecule has 6 nitrogen and oxygen atoms in total. The summed E-state index contributed by atoms with van der Waals surface area (Å²) < 4.78 is 7.96. The number of likely N-dealkylation sites (N-methyl/N-ethyl adjacent to an activating group) is 1. The first kappa shape index (κ1) is 16.5. The normalized spacial score (nSPS) is 29.2. The molecule has 0 aliphatic carbocycles. The number of nitrogens with zero attached hydrogens (tertiary/aromatic N) is 4. The third-order valence-corrected chi connectivity index (χ3v) is 5.20. The van der Waals surface area contributed by atoms with Crippen LogP contribution in [0.15, 0.2) is 12.4 Å². The Morgan fingerprint density at radius 3 is 2.78 bits per heavy atom. The van der Waals surface area contributed by atoms with Crippen molar-refractivity contribution in [2.75, 3.05) is 26.2 Å². The minimum Gasteiger partial charge on any atom is -0.365 e. The lowest BCUT2D eigenvalue weighted by atomic mass is 10.1. The fraction of sp³-hybridized carbons (Fsp3) is 0.765. The smallest absolute Gasteiger partial charge is 0.251 e. The van der Waals surface area contributed by atoms with Crippen molar-refractivity contribution in [2.45, 2.75) is 51.4 Å². The lowest BCUT2D eigenvalue weighted by molar-refractivity contribution is -0.146. The van der Waals surface area contributed by atoms with Gasteiger partial charge in [0.25, 0.3) is 5.91 Å². The minimum absolute atomic E-state index is 0.163. The molecule has 0 spiro atoms. The molecule has 0 bridgehead atoms. The highest BCUT2D eigenvalue weighted by Gasteiger charge is 2.37.